The SMILES string of the molecule is CC(C)(C)c1[nH]ncc1CN1CCO[C@H](c2c(C(=O)NCCO)sc3ccccc23)C1. The Kier molecular flexibility index (Phi) is 6.43. The van der Waals surface area contributed by atoms with Gasteiger partial charge < -0.3 is 15.2 Å². The fourth-order valence-corrected chi connectivity index (χ4v) is 5.32. The second-order valence-corrected chi connectivity index (χ2v) is 9.99. The lowest BCUT2D eigenvalue weighted by atomic mass is 9.89. The molecule has 2 aromatic heterocycles. The molecule has 0 unspecified atom stereocenters. The van der Waals surface area contributed by atoms with Crippen LogP contribution in [0.25, 0.3) is 10.1 Å². The maximum atomic E-state index is 12.8. The van der Waals surface area contributed by atoms with Gasteiger partial charge in [0.15, 0.2) is 0 Å². The largest absolute Gasteiger partial charge is 0.395 e. The average molecular weight is 443 g/mol. The number of morpholine rings is 1. The summed E-state index contributed by atoms with van der Waals surface area (Å²) in [6.45, 7) is 9.63. The Morgan fingerprint density at radius 2 is 2.19 bits per heavy atom. The smallest absolute Gasteiger partial charge is 0.261 e. The third-order valence-electron chi connectivity index (χ3n) is 5.57. The predicted molar refractivity (Wildman–Crippen MR) is 123 cm³/mol. The third-order valence-corrected chi connectivity index (χ3v) is 6.76. The standard InChI is InChI=1S/C23H30N4O3S/c1-23(2,3)21-15(12-25-26-21)13-27-9-11-30-17(14-27)19-16-6-4-5-7-18(16)31-20(19)22(29)24-8-10-28/h4-7,12,17,28H,8-11,13-14H2,1-3H3,(H,24,29)(H,25,26)/t17-/m0/s1. The summed E-state index contributed by atoms with van der Waals surface area (Å²) in [7, 11) is 0. The van der Waals surface area contributed by atoms with E-state index in [0.29, 0.717) is 18.0 Å². The Balaban J connectivity index is 1.61. The molecule has 8 heteroatoms. The van der Waals surface area contributed by atoms with Crippen molar-refractivity contribution in [3.63, 3.8) is 0 Å². The molecule has 1 aromatic carbocycles. The Bertz CT molecular complexity index is 1050. The van der Waals surface area contributed by atoms with E-state index in [2.05, 4.69) is 47.3 Å². The van der Waals surface area contributed by atoms with E-state index in [9.17, 15) is 4.79 Å². The first-order valence-electron chi connectivity index (χ1n) is 10.7. The first-order chi connectivity index (χ1) is 14.9. The van der Waals surface area contributed by atoms with Crippen molar-refractivity contribution in [2.24, 2.45) is 0 Å². The van der Waals surface area contributed by atoms with Crippen LogP contribution >= 0.6 is 11.3 Å². The quantitative estimate of drug-likeness (QED) is 0.545. The number of carbonyl (C=O) groups is 1. The normalized spacial score (nSPS) is 17.9. The van der Waals surface area contributed by atoms with Gasteiger partial charge in [0, 0.05) is 53.1 Å². The van der Waals surface area contributed by atoms with E-state index in [1.54, 1.807) is 0 Å². The van der Waals surface area contributed by atoms with Crippen LogP contribution in [-0.2, 0) is 16.7 Å². The summed E-state index contributed by atoms with van der Waals surface area (Å²) in [5, 5.41) is 20.4. The summed E-state index contributed by atoms with van der Waals surface area (Å²) in [5.74, 6) is -0.157. The minimum atomic E-state index is -0.190. The molecule has 31 heavy (non-hydrogen) atoms. The molecule has 7 nitrogen and oxygen atoms in total. The van der Waals surface area contributed by atoms with Crippen LogP contribution in [0.5, 0.6) is 0 Å². The molecule has 1 atom stereocenters. The van der Waals surface area contributed by atoms with Crippen molar-refractivity contribution in [1.29, 1.82) is 0 Å². The van der Waals surface area contributed by atoms with E-state index in [-0.39, 0.29) is 30.6 Å². The molecule has 1 saturated heterocycles. The Hall–Kier alpha value is -2.26. The zero-order valence-electron chi connectivity index (χ0n) is 18.3. The minimum absolute atomic E-state index is 0.000946. The number of nitrogens with zero attached hydrogens (tertiary/aromatic N) is 2. The van der Waals surface area contributed by atoms with Gasteiger partial charge in [-0.2, -0.15) is 5.10 Å². The average Bonchev–Trinajstić information content (AvgIpc) is 3.36. The van der Waals surface area contributed by atoms with Crippen LogP contribution in [0.3, 0.4) is 0 Å². The van der Waals surface area contributed by atoms with Crippen molar-refractivity contribution in [2.45, 2.75) is 38.8 Å². The summed E-state index contributed by atoms with van der Waals surface area (Å²) in [4.78, 5) is 15.9. The molecule has 0 aliphatic carbocycles. The molecule has 4 rings (SSSR count). The summed E-state index contributed by atoms with van der Waals surface area (Å²) in [5.41, 5.74) is 3.30. The number of nitrogens with one attached hydrogen (secondary N) is 2. The monoisotopic (exact) mass is 442 g/mol. The zero-order valence-corrected chi connectivity index (χ0v) is 19.1. The molecule has 1 fully saturated rings. The van der Waals surface area contributed by atoms with E-state index >= 15 is 0 Å². The lowest BCUT2D eigenvalue weighted by Crippen LogP contribution is -2.39. The molecule has 3 aromatic rings. The number of rotatable bonds is 6. The molecule has 0 saturated carbocycles. The maximum Gasteiger partial charge on any atom is 0.261 e. The van der Waals surface area contributed by atoms with Gasteiger partial charge >= 0.3 is 0 Å². The number of H-pyrrole nitrogens is 1. The molecule has 3 N–H and O–H groups in total. The molecule has 0 bridgehead atoms. The van der Waals surface area contributed by atoms with Gasteiger partial charge in [0.2, 0.25) is 0 Å². The minimum Gasteiger partial charge on any atom is -0.395 e. The van der Waals surface area contributed by atoms with Gasteiger partial charge in [0.1, 0.15) is 0 Å². The van der Waals surface area contributed by atoms with Crippen molar-refractivity contribution < 1.29 is 14.6 Å². The van der Waals surface area contributed by atoms with Crippen LogP contribution in [0.4, 0.5) is 0 Å². The lowest BCUT2D eigenvalue weighted by Gasteiger charge is -2.34. The number of ether oxygens (including phenoxy) is 1. The van der Waals surface area contributed by atoms with Gasteiger partial charge in [0.05, 0.1) is 30.4 Å². The van der Waals surface area contributed by atoms with Crippen molar-refractivity contribution >= 4 is 27.3 Å². The zero-order chi connectivity index (χ0) is 22.0. The number of aromatic nitrogens is 2. The molecule has 1 aliphatic rings. The maximum absolute atomic E-state index is 12.8. The highest BCUT2D eigenvalue weighted by molar-refractivity contribution is 7.21. The molecule has 0 radical (unpaired) electrons. The number of hydrogen-bond donors (Lipinski definition) is 3. The number of aliphatic hydroxyl groups excluding tert-OH is 1. The molecular weight excluding hydrogens is 412 g/mol. The molecule has 3 heterocycles. The van der Waals surface area contributed by atoms with E-state index < -0.39 is 0 Å². The lowest BCUT2D eigenvalue weighted by molar-refractivity contribution is -0.0324. The van der Waals surface area contributed by atoms with Gasteiger partial charge in [-0.25, -0.2) is 0 Å². The molecule has 0 spiro atoms. The number of carbonyl (C=O) groups excluding carboxylic acids is 1. The van der Waals surface area contributed by atoms with Crippen molar-refractivity contribution in [3.05, 3.63) is 52.2 Å². The fourth-order valence-electron chi connectivity index (χ4n) is 4.15. The van der Waals surface area contributed by atoms with Gasteiger partial charge in [-0.3, -0.25) is 14.8 Å². The van der Waals surface area contributed by atoms with Crippen molar-refractivity contribution in [3.8, 4) is 0 Å². The number of aliphatic hydroxyl groups is 1. The predicted octanol–water partition coefficient (Wildman–Crippen LogP) is 3.22. The third kappa shape index (κ3) is 4.67. The molecule has 1 amide bonds. The van der Waals surface area contributed by atoms with Gasteiger partial charge in [-0.1, -0.05) is 39.0 Å². The fraction of sp³-hybridized carbons (Fsp3) is 0.478. The number of hydrogen-bond acceptors (Lipinski definition) is 6. The van der Waals surface area contributed by atoms with Crippen LogP contribution in [0.2, 0.25) is 0 Å². The van der Waals surface area contributed by atoms with E-state index in [1.807, 2.05) is 24.4 Å². The summed E-state index contributed by atoms with van der Waals surface area (Å²) < 4.78 is 7.25. The number of thiophene rings is 1. The molecule has 1 aliphatic heterocycles. The Morgan fingerprint density at radius 3 is 2.97 bits per heavy atom. The van der Waals surface area contributed by atoms with Crippen LogP contribution in [0.1, 0.15) is 53.4 Å². The summed E-state index contributed by atoms with van der Waals surface area (Å²) in [6.07, 6.45) is 1.73. The second-order valence-electron chi connectivity index (χ2n) is 8.94. The topological polar surface area (TPSA) is 90.5 Å². The van der Waals surface area contributed by atoms with E-state index in [4.69, 9.17) is 9.84 Å². The number of amides is 1. The Labute approximate surface area is 186 Å². The molecule has 166 valence electrons. The van der Waals surface area contributed by atoms with Gasteiger partial charge in [-0.15, -0.1) is 11.3 Å². The van der Waals surface area contributed by atoms with Crippen molar-refractivity contribution in [1.82, 2.24) is 20.4 Å². The Morgan fingerprint density at radius 1 is 1.39 bits per heavy atom. The van der Waals surface area contributed by atoms with Crippen LogP contribution in [0.15, 0.2) is 30.5 Å². The number of fused-ring (bicyclic) bond motifs is 1. The second kappa shape index (κ2) is 9.08. The van der Waals surface area contributed by atoms with E-state index in [1.165, 1.54) is 16.9 Å². The number of benzene rings is 1. The van der Waals surface area contributed by atoms with Gasteiger partial charge in [-0.05, 0) is 11.5 Å². The first-order valence-corrected chi connectivity index (χ1v) is 11.5. The van der Waals surface area contributed by atoms with E-state index in [0.717, 1.165) is 34.4 Å². The van der Waals surface area contributed by atoms with Crippen molar-refractivity contribution in [2.75, 3.05) is 32.8 Å². The highest BCUT2D eigenvalue weighted by Gasteiger charge is 2.30. The first kappa shape index (κ1) is 22.0. The van der Waals surface area contributed by atoms with Crippen LogP contribution in [-0.4, -0.2) is 59.0 Å². The van der Waals surface area contributed by atoms with Crippen LogP contribution < -0.4 is 5.32 Å². The summed E-state index contributed by atoms with van der Waals surface area (Å²) >= 11 is 1.48. The number of aromatic amines is 1. The highest BCUT2D eigenvalue weighted by Crippen LogP contribution is 2.38. The van der Waals surface area contributed by atoms with Crippen LogP contribution in [0, 0.1) is 0 Å². The summed E-state index contributed by atoms with van der Waals surface area (Å²) in [6, 6.07) is 8.07. The highest BCUT2D eigenvalue weighted by atomic mass is 32.1. The molecular formula is C23H30N4O3S. The van der Waals surface area contributed by atoms with Gasteiger partial charge in [0.25, 0.3) is 5.91 Å².